The first kappa shape index (κ1) is 23.3. The van der Waals surface area contributed by atoms with Gasteiger partial charge in [-0.15, -0.1) is 0 Å². The molecule has 2 N–H and O–H groups in total. The largest absolute Gasteiger partial charge is 0.508 e. The molecule has 3 aliphatic rings. The summed E-state index contributed by atoms with van der Waals surface area (Å²) >= 11 is 0. The summed E-state index contributed by atoms with van der Waals surface area (Å²) in [4.78, 5) is 27.7. The number of benzene rings is 4. The molecule has 7 heteroatoms. The van der Waals surface area contributed by atoms with Crippen LogP contribution < -0.4 is 14.8 Å². The summed E-state index contributed by atoms with van der Waals surface area (Å²) in [5.74, 6) is -1.36. The van der Waals surface area contributed by atoms with Crippen LogP contribution in [0, 0.1) is 5.92 Å². The SMILES string of the molecule is COC(=O)[C@@H]1C(=O)C2=C(C[C@@H]1c1ccc3c(c1)OCO3)Nc1ccc3ccccc3c1[C@H]2c1ccc(O)cc1. The molecule has 2 aliphatic heterocycles. The van der Waals surface area contributed by atoms with Gasteiger partial charge in [-0.2, -0.15) is 0 Å². The number of aromatic hydroxyl groups is 1. The molecule has 7 rings (SSSR count). The highest BCUT2D eigenvalue weighted by atomic mass is 16.7. The van der Waals surface area contributed by atoms with Crippen LogP contribution in [0.15, 0.2) is 90.1 Å². The first-order valence-corrected chi connectivity index (χ1v) is 12.9. The predicted octanol–water partition coefficient (Wildman–Crippen LogP) is 5.63. The Kier molecular flexibility index (Phi) is 5.33. The molecule has 2 heterocycles. The molecule has 0 radical (unpaired) electrons. The van der Waals surface area contributed by atoms with Crippen LogP contribution in [0.4, 0.5) is 5.69 Å². The summed E-state index contributed by atoms with van der Waals surface area (Å²) in [7, 11) is 1.32. The van der Waals surface area contributed by atoms with Crippen molar-refractivity contribution in [3.8, 4) is 17.2 Å². The number of ketones is 1. The Bertz CT molecular complexity index is 1690. The van der Waals surface area contributed by atoms with E-state index in [1.807, 2.05) is 54.6 Å². The van der Waals surface area contributed by atoms with Gasteiger partial charge in [0.15, 0.2) is 17.3 Å². The highest BCUT2D eigenvalue weighted by Crippen LogP contribution is 2.52. The number of carbonyl (C=O) groups excluding carboxylic acids is 2. The molecule has 3 atom stereocenters. The minimum atomic E-state index is -1.02. The number of Topliss-reactive ketones (excluding diaryl/α,β-unsaturated/α-hetero) is 1. The maximum absolute atomic E-state index is 14.5. The highest BCUT2D eigenvalue weighted by molar-refractivity contribution is 6.13. The number of nitrogens with one attached hydrogen (secondary N) is 1. The van der Waals surface area contributed by atoms with Crippen molar-refractivity contribution in [1.29, 1.82) is 0 Å². The number of fused-ring (bicyclic) bond motifs is 4. The van der Waals surface area contributed by atoms with Crippen molar-refractivity contribution in [2.24, 2.45) is 5.92 Å². The fourth-order valence-corrected chi connectivity index (χ4v) is 6.26. The van der Waals surface area contributed by atoms with E-state index < -0.39 is 23.7 Å². The zero-order chi connectivity index (χ0) is 26.7. The van der Waals surface area contributed by atoms with Crippen LogP contribution in [0.3, 0.4) is 0 Å². The van der Waals surface area contributed by atoms with Gasteiger partial charge in [0.1, 0.15) is 11.7 Å². The maximum atomic E-state index is 14.5. The zero-order valence-electron chi connectivity index (χ0n) is 21.1. The number of hydrogen-bond donors (Lipinski definition) is 2. The molecule has 0 saturated carbocycles. The van der Waals surface area contributed by atoms with Crippen LogP contribution in [-0.4, -0.2) is 30.8 Å². The number of esters is 1. The van der Waals surface area contributed by atoms with Gasteiger partial charge >= 0.3 is 5.97 Å². The van der Waals surface area contributed by atoms with Gasteiger partial charge in [-0.1, -0.05) is 48.5 Å². The summed E-state index contributed by atoms with van der Waals surface area (Å²) in [6, 6.07) is 24.7. The summed E-state index contributed by atoms with van der Waals surface area (Å²) in [5, 5.41) is 15.6. The van der Waals surface area contributed by atoms with Gasteiger partial charge < -0.3 is 24.6 Å². The number of methoxy groups -OCH3 is 1. The Morgan fingerprint density at radius 2 is 1.72 bits per heavy atom. The number of phenols is 1. The Labute approximate surface area is 224 Å². The number of phenolic OH excluding ortho intramolecular Hbond substituents is 1. The Hall–Kier alpha value is -4.78. The Morgan fingerprint density at radius 3 is 2.54 bits per heavy atom. The second-order valence-corrected chi connectivity index (χ2v) is 10.1. The lowest BCUT2D eigenvalue weighted by atomic mass is 9.66. The molecule has 7 nitrogen and oxygen atoms in total. The lowest BCUT2D eigenvalue weighted by Gasteiger charge is -2.40. The van der Waals surface area contributed by atoms with E-state index in [4.69, 9.17) is 14.2 Å². The van der Waals surface area contributed by atoms with E-state index in [9.17, 15) is 14.7 Å². The smallest absolute Gasteiger partial charge is 0.317 e. The minimum absolute atomic E-state index is 0.138. The lowest BCUT2D eigenvalue weighted by molar-refractivity contribution is -0.149. The van der Waals surface area contributed by atoms with Crippen LogP contribution in [0.2, 0.25) is 0 Å². The van der Waals surface area contributed by atoms with E-state index in [2.05, 4.69) is 17.4 Å². The van der Waals surface area contributed by atoms with Gasteiger partial charge in [-0.05, 0) is 64.2 Å². The summed E-state index contributed by atoms with van der Waals surface area (Å²) in [6.07, 6.45) is 0.432. The molecule has 0 saturated heterocycles. The third-order valence-electron chi connectivity index (χ3n) is 8.04. The van der Waals surface area contributed by atoms with Crippen molar-refractivity contribution >= 4 is 28.2 Å². The van der Waals surface area contributed by atoms with E-state index in [-0.39, 0.29) is 18.3 Å². The zero-order valence-corrected chi connectivity index (χ0v) is 21.1. The second kappa shape index (κ2) is 8.91. The molecule has 0 amide bonds. The van der Waals surface area contributed by atoms with Crippen LogP contribution in [0.25, 0.3) is 10.8 Å². The van der Waals surface area contributed by atoms with Crippen molar-refractivity contribution in [1.82, 2.24) is 0 Å². The molecular weight excluding hydrogens is 494 g/mol. The summed E-state index contributed by atoms with van der Waals surface area (Å²) in [6.45, 7) is 0.138. The van der Waals surface area contributed by atoms with Gasteiger partial charge in [0.25, 0.3) is 0 Å². The maximum Gasteiger partial charge on any atom is 0.317 e. The topological polar surface area (TPSA) is 94.1 Å². The number of anilines is 1. The standard InChI is InChI=1S/C32H25NO6/c1-37-32(36)29-22(19-9-13-25-26(14-19)39-16-38-25)15-24-30(31(29)35)27(18-6-10-20(34)11-7-18)28-21-5-3-2-4-17(21)8-12-23(28)33-24/h2-14,22,27,29,33-34H,15-16H2,1H3/t22-,27-,29+/m1/s1. The van der Waals surface area contributed by atoms with Crippen LogP contribution >= 0.6 is 0 Å². The fourth-order valence-electron chi connectivity index (χ4n) is 6.26. The molecular formula is C32H25NO6. The second-order valence-electron chi connectivity index (χ2n) is 10.1. The highest BCUT2D eigenvalue weighted by Gasteiger charge is 2.48. The molecule has 194 valence electrons. The molecule has 0 aromatic heterocycles. The van der Waals surface area contributed by atoms with E-state index in [0.29, 0.717) is 23.5 Å². The van der Waals surface area contributed by atoms with Crippen LogP contribution in [0.5, 0.6) is 17.2 Å². The molecule has 0 fully saturated rings. The minimum Gasteiger partial charge on any atom is -0.508 e. The van der Waals surface area contributed by atoms with Gasteiger partial charge in [0.2, 0.25) is 6.79 Å². The van der Waals surface area contributed by atoms with Crippen molar-refractivity contribution in [3.63, 3.8) is 0 Å². The molecule has 1 aliphatic carbocycles. The van der Waals surface area contributed by atoms with Crippen LogP contribution in [-0.2, 0) is 14.3 Å². The normalized spacial score (nSPS) is 21.3. The fraction of sp³-hybridized carbons (Fsp3) is 0.188. The lowest BCUT2D eigenvalue weighted by Crippen LogP contribution is -2.40. The first-order chi connectivity index (χ1) is 19.0. The van der Waals surface area contributed by atoms with Crippen LogP contribution in [0.1, 0.15) is 34.9 Å². The predicted molar refractivity (Wildman–Crippen MR) is 145 cm³/mol. The average Bonchev–Trinajstić information content (AvgIpc) is 3.44. The van der Waals surface area contributed by atoms with Crippen molar-refractivity contribution < 1.29 is 28.9 Å². The van der Waals surface area contributed by atoms with Gasteiger partial charge in [-0.3, -0.25) is 9.59 Å². The van der Waals surface area contributed by atoms with Gasteiger partial charge in [0, 0.05) is 28.8 Å². The monoisotopic (exact) mass is 519 g/mol. The molecule has 4 aromatic rings. The van der Waals surface area contributed by atoms with Crippen molar-refractivity contribution in [3.05, 3.63) is 107 Å². The molecule has 0 spiro atoms. The number of ether oxygens (including phenoxy) is 3. The van der Waals surface area contributed by atoms with E-state index >= 15 is 0 Å². The average molecular weight is 520 g/mol. The summed E-state index contributed by atoms with van der Waals surface area (Å²) < 4.78 is 16.2. The number of carbonyl (C=O) groups is 2. The molecule has 39 heavy (non-hydrogen) atoms. The third kappa shape index (κ3) is 3.65. The van der Waals surface area contributed by atoms with E-state index in [1.165, 1.54) is 7.11 Å². The van der Waals surface area contributed by atoms with E-state index in [1.54, 1.807) is 12.1 Å². The summed E-state index contributed by atoms with van der Waals surface area (Å²) in [5.41, 5.74) is 4.88. The Morgan fingerprint density at radius 1 is 0.949 bits per heavy atom. The number of allylic oxidation sites excluding steroid dienone is 2. The van der Waals surface area contributed by atoms with Crippen molar-refractivity contribution in [2.75, 3.05) is 19.2 Å². The number of rotatable bonds is 3. The Balaban J connectivity index is 1.44. The van der Waals surface area contributed by atoms with Gasteiger partial charge in [0.05, 0.1) is 7.11 Å². The van der Waals surface area contributed by atoms with Gasteiger partial charge in [-0.25, -0.2) is 0 Å². The quantitative estimate of drug-likeness (QED) is 0.268. The molecule has 0 unspecified atom stereocenters. The molecule has 4 aromatic carbocycles. The third-order valence-corrected chi connectivity index (χ3v) is 8.04. The first-order valence-electron chi connectivity index (χ1n) is 12.9. The van der Waals surface area contributed by atoms with Crippen molar-refractivity contribution in [2.45, 2.75) is 18.3 Å². The van der Waals surface area contributed by atoms with E-state index in [0.717, 1.165) is 38.8 Å². The molecule has 0 bridgehead atoms. The number of hydrogen-bond acceptors (Lipinski definition) is 7.